The van der Waals surface area contributed by atoms with Crippen molar-refractivity contribution in [3.63, 3.8) is 0 Å². The van der Waals surface area contributed by atoms with Gasteiger partial charge in [-0.2, -0.15) is 0 Å². The van der Waals surface area contributed by atoms with Crippen LogP contribution in [0, 0.1) is 11.7 Å². The third-order valence-corrected chi connectivity index (χ3v) is 7.76. The van der Waals surface area contributed by atoms with Gasteiger partial charge in [0.2, 0.25) is 0 Å². The lowest BCUT2D eigenvalue weighted by Crippen LogP contribution is -2.43. The zero-order valence-electron chi connectivity index (χ0n) is 19.6. The Morgan fingerprint density at radius 1 is 1.03 bits per heavy atom. The van der Waals surface area contributed by atoms with Gasteiger partial charge in [-0.05, 0) is 54.4 Å². The number of hydrogen-bond acceptors (Lipinski definition) is 5. The maximum Gasteiger partial charge on any atom is 0.323 e. The number of rotatable bonds is 10. The summed E-state index contributed by atoms with van der Waals surface area (Å²) in [6, 6.07) is 7.53. The number of fused-ring (bicyclic) bond motifs is 1. The Morgan fingerprint density at radius 2 is 1.62 bits per heavy atom. The molecule has 0 radical (unpaired) electrons. The second-order valence-corrected chi connectivity index (χ2v) is 14.3. The molecule has 0 aliphatic carbocycles. The van der Waals surface area contributed by atoms with Gasteiger partial charge in [0.15, 0.2) is 5.92 Å². The Bertz CT molecular complexity index is 955. The highest BCUT2D eigenvalue weighted by Crippen LogP contribution is 2.29. The summed E-state index contributed by atoms with van der Waals surface area (Å²) >= 11 is 3.58. The number of carbonyl (C=O) groups excluding carboxylic acids is 2. The van der Waals surface area contributed by atoms with Crippen LogP contribution in [0.5, 0.6) is 0 Å². The van der Waals surface area contributed by atoms with Crippen LogP contribution in [-0.2, 0) is 30.2 Å². The molecule has 1 unspecified atom stereocenters. The smallest absolute Gasteiger partial charge is 0.323 e. The SMILES string of the molecule is CCOC(=O)C(C(=O)OCC)C(Cc1cc2cccc(Br)c2c([Si](C)(C)C)c1F)OCC. The van der Waals surface area contributed by atoms with E-state index in [0.29, 0.717) is 10.8 Å². The zero-order chi connectivity index (χ0) is 24.1. The first-order valence-corrected chi connectivity index (χ1v) is 15.2. The lowest BCUT2D eigenvalue weighted by Gasteiger charge is -2.27. The van der Waals surface area contributed by atoms with E-state index >= 15 is 4.39 Å². The van der Waals surface area contributed by atoms with Crippen molar-refractivity contribution in [3.8, 4) is 0 Å². The van der Waals surface area contributed by atoms with Gasteiger partial charge in [-0.3, -0.25) is 9.59 Å². The highest BCUT2D eigenvalue weighted by molar-refractivity contribution is 9.10. The molecule has 2 aromatic rings. The molecule has 2 aromatic carbocycles. The van der Waals surface area contributed by atoms with E-state index in [0.717, 1.165) is 15.2 Å². The largest absolute Gasteiger partial charge is 0.465 e. The Hall–Kier alpha value is -1.77. The fourth-order valence-corrected chi connectivity index (χ4v) is 6.48. The van der Waals surface area contributed by atoms with E-state index in [1.165, 1.54) is 0 Å². The van der Waals surface area contributed by atoms with E-state index in [4.69, 9.17) is 14.2 Å². The van der Waals surface area contributed by atoms with Crippen molar-refractivity contribution in [2.24, 2.45) is 5.92 Å². The molecule has 0 fully saturated rings. The maximum absolute atomic E-state index is 16.0. The Morgan fingerprint density at radius 3 is 2.12 bits per heavy atom. The van der Waals surface area contributed by atoms with Crippen molar-refractivity contribution in [3.05, 3.63) is 40.1 Å². The molecule has 2 rings (SSSR count). The van der Waals surface area contributed by atoms with Crippen molar-refractivity contribution in [2.75, 3.05) is 19.8 Å². The average Bonchev–Trinajstić information content (AvgIpc) is 2.69. The second kappa shape index (κ2) is 11.4. The summed E-state index contributed by atoms with van der Waals surface area (Å²) < 4.78 is 32.8. The molecule has 0 saturated carbocycles. The number of carbonyl (C=O) groups is 2. The monoisotopic (exact) mass is 526 g/mol. The normalized spacial score (nSPS) is 12.8. The molecule has 0 aromatic heterocycles. The molecule has 0 aliphatic heterocycles. The molecule has 0 amide bonds. The summed E-state index contributed by atoms with van der Waals surface area (Å²) in [5.74, 6) is -3.04. The highest BCUT2D eigenvalue weighted by Gasteiger charge is 2.39. The van der Waals surface area contributed by atoms with Crippen molar-refractivity contribution < 1.29 is 28.2 Å². The van der Waals surface area contributed by atoms with Crippen molar-refractivity contribution in [1.82, 2.24) is 0 Å². The van der Waals surface area contributed by atoms with E-state index in [-0.39, 0.29) is 32.1 Å². The first-order valence-electron chi connectivity index (χ1n) is 10.9. The minimum absolute atomic E-state index is 0.0436. The molecule has 5 nitrogen and oxygen atoms in total. The predicted octanol–water partition coefficient (Wildman–Crippen LogP) is 4.98. The van der Waals surface area contributed by atoms with E-state index in [1.807, 2.05) is 18.2 Å². The van der Waals surface area contributed by atoms with Gasteiger partial charge in [0.05, 0.1) is 27.4 Å². The maximum atomic E-state index is 16.0. The van der Waals surface area contributed by atoms with Gasteiger partial charge < -0.3 is 14.2 Å². The highest BCUT2D eigenvalue weighted by atomic mass is 79.9. The third-order valence-electron chi connectivity index (χ3n) is 5.13. The molecular weight excluding hydrogens is 495 g/mol. The van der Waals surface area contributed by atoms with E-state index in [9.17, 15) is 9.59 Å². The molecule has 0 N–H and O–H groups in total. The molecule has 0 saturated heterocycles. The second-order valence-electron chi connectivity index (χ2n) is 8.49. The van der Waals surface area contributed by atoms with E-state index < -0.39 is 32.0 Å². The number of ether oxygens (including phenoxy) is 3. The van der Waals surface area contributed by atoms with Crippen LogP contribution >= 0.6 is 15.9 Å². The number of esters is 2. The molecule has 32 heavy (non-hydrogen) atoms. The summed E-state index contributed by atoms with van der Waals surface area (Å²) in [4.78, 5) is 25.3. The van der Waals surface area contributed by atoms with Crippen LogP contribution in [0.1, 0.15) is 26.3 Å². The molecular formula is C24H32BrFO5Si. The molecule has 0 heterocycles. The number of halogens is 2. The fraction of sp³-hybridized carbons (Fsp3) is 0.500. The minimum Gasteiger partial charge on any atom is -0.465 e. The standard InChI is InChI=1S/C24H32BrFO5Si/c1-7-29-18(20(23(27)30-8-2)24(28)31-9-3)14-16-13-15-11-10-12-17(25)19(15)22(21(16)26)32(4,5)6/h10-13,18,20H,7-9,14H2,1-6H3. The van der Waals surface area contributed by atoms with Crippen LogP contribution in [0.15, 0.2) is 28.7 Å². The summed E-state index contributed by atoms with van der Waals surface area (Å²) in [6.45, 7) is 11.9. The van der Waals surface area contributed by atoms with Gasteiger partial charge in [0.25, 0.3) is 0 Å². The minimum atomic E-state index is -2.10. The van der Waals surface area contributed by atoms with Crippen LogP contribution in [0.4, 0.5) is 4.39 Å². The lowest BCUT2D eigenvalue weighted by atomic mass is 9.94. The Labute approximate surface area is 198 Å². The molecule has 0 spiro atoms. The topological polar surface area (TPSA) is 61.8 Å². The van der Waals surface area contributed by atoms with Crippen LogP contribution in [-0.4, -0.2) is 45.9 Å². The third kappa shape index (κ3) is 5.97. The summed E-state index contributed by atoms with van der Waals surface area (Å²) in [6.07, 6.45) is -0.867. The van der Waals surface area contributed by atoms with Crippen LogP contribution < -0.4 is 5.19 Å². The molecule has 0 bridgehead atoms. The van der Waals surface area contributed by atoms with Crippen molar-refractivity contribution in [1.29, 1.82) is 0 Å². The Balaban J connectivity index is 2.64. The number of hydrogen-bond donors (Lipinski definition) is 0. The van der Waals surface area contributed by atoms with E-state index in [1.54, 1.807) is 26.8 Å². The summed E-state index contributed by atoms with van der Waals surface area (Å²) in [7, 11) is -2.10. The van der Waals surface area contributed by atoms with Crippen LogP contribution in [0.3, 0.4) is 0 Å². The van der Waals surface area contributed by atoms with E-state index in [2.05, 4.69) is 35.6 Å². The number of benzene rings is 2. The predicted molar refractivity (Wildman–Crippen MR) is 130 cm³/mol. The average molecular weight is 528 g/mol. The first kappa shape index (κ1) is 26.5. The quantitative estimate of drug-likeness (QED) is 0.248. The van der Waals surface area contributed by atoms with Crippen LogP contribution in [0.2, 0.25) is 19.6 Å². The van der Waals surface area contributed by atoms with Gasteiger partial charge in [0.1, 0.15) is 5.82 Å². The van der Waals surface area contributed by atoms with Gasteiger partial charge in [-0.15, -0.1) is 0 Å². The lowest BCUT2D eigenvalue weighted by molar-refractivity contribution is -0.169. The first-order chi connectivity index (χ1) is 15.1. The van der Waals surface area contributed by atoms with Gasteiger partial charge in [-0.25, -0.2) is 4.39 Å². The molecule has 0 aliphatic rings. The van der Waals surface area contributed by atoms with Crippen molar-refractivity contribution in [2.45, 2.75) is 52.9 Å². The van der Waals surface area contributed by atoms with Crippen LogP contribution in [0.25, 0.3) is 10.8 Å². The zero-order valence-corrected chi connectivity index (χ0v) is 22.2. The van der Waals surface area contributed by atoms with Crippen molar-refractivity contribution >= 4 is 51.9 Å². The van der Waals surface area contributed by atoms with Gasteiger partial charge in [0, 0.05) is 17.5 Å². The fourth-order valence-electron chi connectivity index (χ4n) is 3.87. The summed E-state index contributed by atoms with van der Waals surface area (Å²) in [5.41, 5.74) is 0.407. The Kier molecular flexibility index (Phi) is 9.42. The van der Waals surface area contributed by atoms with Gasteiger partial charge in [-0.1, -0.05) is 47.7 Å². The molecule has 8 heteroatoms. The van der Waals surface area contributed by atoms with Gasteiger partial charge >= 0.3 is 11.9 Å². The molecule has 1 atom stereocenters. The summed E-state index contributed by atoms with van der Waals surface area (Å²) in [5, 5.41) is 2.47. The molecule has 176 valence electrons.